The minimum Gasteiger partial charge on any atom is -0.496 e. The predicted molar refractivity (Wildman–Crippen MR) is 98.0 cm³/mol. The zero-order valence-corrected chi connectivity index (χ0v) is 15.1. The van der Waals surface area contributed by atoms with Crippen LogP contribution in [-0.2, 0) is 10.0 Å². The maximum absolute atomic E-state index is 12.5. The number of nitrogens with zero attached hydrogens (tertiary/aromatic N) is 2. The van der Waals surface area contributed by atoms with Gasteiger partial charge in [0.15, 0.2) is 10.0 Å². The van der Waals surface area contributed by atoms with E-state index in [-0.39, 0.29) is 5.13 Å². The molecule has 0 amide bonds. The van der Waals surface area contributed by atoms with Gasteiger partial charge in [0.2, 0.25) is 0 Å². The van der Waals surface area contributed by atoms with Crippen molar-refractivity contribution < 1.29 is 18.1 Å². The number of anilines is 1. The Balaban J connectivity index is 1.93. The van der Waals surface area contributed by atoms with Gasteiger partial charge in [-0.3, -0.25) is 14.8 Å². The van der Waals surface area contributed by atoms with E-state index in [0.717, 1.165) is 17.4 Å². The van der Waals surface area contributed by atoms with Gasteiger partial charge < -0.3 is 4.74 Å². The van der Waals surface area contributed by atoms with Crippen LogP contribution < -0.4 is 9.46 Å². The smallest absolute Gasteiger partial charge is 0.289 e. The summed E-state index contributed by atoms with van der Waals surface area (Å²) < 4.78 is 32.6. The van der Waals surface area contributed by atoms with E-state index in [1.807, 2.05) is 12.1 Å². The van der Waals surface area contributed by atoms with E-state index in [0.29, 0.717) is 17.0 Å². The fourth-order valence-corrected chi connectivity index (χ4v) is 4.44. The number of rotatable bonds is 6. The van der Waals surface area contributed by atoms with E-state index in [9.17, 15) is 18.5 Å². The van der Waals surface area contributed by atoms with E-state index in [2.05, 4.69) is 9.71 Å². The molecular weight excluding hydrogens is 378 g/mol. The molecule has 0 radical (unpaired) electrons. The number of nitrogens with one attached hydrogen (secondary N) is 1. The number of hydrogen-bond donors (Lipinski definition) is 1. The standard InChI is InChI=1S/C16H13N3O5S2/c1-24-14-8-4-2-6-11(14)12-10-25-16(17-12)18-26(22,23)15-9-5-3-7-13(15)19(20)21/h2-10H,1H3,(H,17,18). The van der Waals surface area contributed by atoms with Crippen molar-refractivity contribution >= 4 is 32.2 Å². The lowest BCUT2D eigenvalue weighted by Crippen LogP contribution is -2.14. The molecule has 0 aliphatic carbocycles. The van der Waals surface area contributed by atoms with Crippen molar-refractivity contribution in [3.8, 4) is 17.0 Å². The second-order valence-electron chi connectivity index (χ2n) is 5.07. The van der Waals surface area contributed by atoms with Gasteiger partial charge in [0.1, 0.15) is 5.75 Å². The number of nitro benzene ring substituents is 1. The summed E-state index contributed by atoms with van der Waals surface area (Å²) in [6, 6.07) is 12.3. The number of thiazole rings is 1. The fourth-order valence-electron chi connectivity index (χ4n) is 2.31. The third kappa shape index (κ3) is 3.51. The Morgan fingerprint density at radius 3 is 2.58 bits per heavy atom. The quantitative estimate of drug-likeness (QED) is 0.508. The normalized spacial score (nSPS) is 11.1. The average Bonchev–Trinajstić information content (AvgIpc) is 3.09. The molecule has 0 unspecified atom stereocenters. The number of aromatic nitrogens is 1. The van der Waals surface area contributed by atoms with E-state index < -0.39 is 25.5 Å². The molecule has 1 heterocycles. The molecule has 1 aromatic heterocycles. The molecule has 0 atom stereocenters. The summed E-state index contributed by atoms with van der Waals surface area (Å²) in [5.74, 6) is 0.603. The maximum atomic E-state index is 12.5. The van der Waals surface area contributed by atoms with Crippen molar-refractivity contribution in [1.82, 2.24) is 4.98 Å². The molecule has 3 rings (SSSR count). The van der Waals surface area contributed by atoms with Gasteiger partial charge >= 0.3 is 0 Å². The first-order valence-corrected chi connectivity index (χ1v) is 9.64. The van der Waals surface area contributed by atoms with Gasteiger partial charge in [-0.2, -0.15) is 0 Å². The molecule has 0 bridgehead atoms. The van der Waals surface area contributed by atoms with Crippen molar-refractivity contribution in [2.75, 3.05) is 11.8 Å². The first-order chi connectivity index (χ1) is 12.4. The Morgan fingerprint density at radius 1 is 1.15 bits per heavy atom. The fraction of sp³-hybridized carbons (Fsp3) is 0.0625. The lowest BCUT2D eigenvalue weighted by Gasteiger charge is -2.06. The highest BCUT2D eigenvalue weighted by atomic mass is 32.2. The van der Waals surface area contributed by atoms with Crippen LogP contribution in [-0.4, -0.2) is 25.4 Å². The number of ether oxygens (including phenoxy) is 1. The number of sulfonamides is 1. The SMILES string of the molecule is COc1ccccc1-c1csc(NS(=O)(=O)c2ccccc2[N+](=O)[O-])n1. The zero-order valence-electron chi connectivity index (χ0n) is 13.4. The maximum Gasteiger partial charge on any atom is 0.289 e. The molecule has 0 aliphatic heterocycles. The summed E-state index contributed by atoms with van der Waals surface area (Å²) in [6.45, 7) is 0. The molecule has 3 aromatic rings. The largest absolute Gasteiger partial charge is 0.496 e. The predicted octanol–water partition coefficient (Wildman–Crippen LogP) is 3.53. The number of nitro groups is 1. The van der Waals surface area contributed by atoms with Gasteiger partial charge in [0.05, 0.1) is 17.7 Å². The van der Waals surface area contributed by atoms with Gasteiger partial charge in [-0.15, -0.1) is 11.3 Å². The van der Waals surface area contributed by atoms with Gasteiger partial charge in [0, 0.05) is 17.0 Å². The molecule has 26 heavy (non-hydrogen) atoms. The molecule has 134 valence electrons. The molecule has 8 nitrogen and oxygen atoms in total. The van der Waals surface area contributed by atoms with Crippen LogP contribution in [0.25, 0.3) is 11.3 Å². The topological polar surface area (TPSA) is 111 Å². The summed E-state index contributed by atoms with van der Waals surface area (Å²) in [5, 5.41) is 12.8. The van der Waals surface area contributed by atoms with E-state index >= 15 is 0 Å². The highest BCUT2D eigenvalue weighted by Gasteiger charge is 2.26. The molecule has 0 saturated carbocycles. The van der Waals surface area contributed by atoms with E-state index in [1.165, 1.54) is 25.3 Å². The second-order valence-corrected chi connectivity index (χ2v) is 7.58. The van der Waals surface area contributed by atoms with Crippen LogP contribution in [0.15, 0.2) is 58.8 Å². The monoisotopic (exact) mass is 391 g/mol. The summed E-state index contributed by atoms with van der Waals surface area (Å²) in [7, 11) is -2.62. The average molecular weight is 391 g/mol. The third-order valence-electron chi connectivity index (χ3n) is 3.46. The van der Waals surface area contributed by atoms with Crippen LogP contribution in [0.2, 0.25) is 0 Å². The Bertz CT molecular complexity index is 1060. The molecule has 0 spiro atoms. The first kappa shape index (κ1) is 17.8. The van der Waals surface area contributed by atoms with Crippen LogP contribution in [0.5, 0.6) is 5.75 Å². The first-order valence-electron chi connectivity index (χ1n) is 7.27. The Kier molecular flexibility index (Phi) is 4.87. The lowest BCUT2D eigenvalue weighted by molar-refractivity contribution is -0.387. The van der Waals surface area contributed by atoms with Crippen LogP contribution >= 0.6 is 11.3 Å². The van der Waals surface area contributed by atoms with Crippen molar-refractivity contribution in [3.63, 3.8) is 0 Å². The molecule has 1 N–H and O–H groups in total. The number of methoxy groups -OCH3 is 1. The summed E-state index contributed by atoms with van der Waals surface area (Å²) in [6.07, 6.45) is 0. The molecule has 0 saturated heterocycles. The minimum absolute atomic E-state index is 0.101. The van der Waals surface area contributed by atoms with E-state index in [1.54, 1.807) is 17.5 Å². The molecule has 2 aromatic carbocycles. The second kappa shape index (κ2) is 7.10. The van der Waals surface area contributed by atoms with Crippen molar-refractivity contribution in [2.45, 2.75) is 4.90 Å². The van der Waals surface area contributed by atoms with E-state index in [4.69, 9.17) is 4.74 Å². The lowest BCUT2D eigenvalue weighted by atomic mass is 10.1. The van der Waals surface area contributed by atoms with Crippen LogP contribution in [0, 0.1) is 10.1 Å². The highest BCUT2D eigenvalue weighted by Crippen LogP contribution is 2.33. The molecular formula is C16H13N3O5S2. The Hall–Kier alpha value is -2.98. The summed E-state index contributed by atoms with van der Waals surface area (Å²) in [4.78, 5) is 14.2. The van der Waals surface area contributed by atoms with Gasteiger partial charge in [0.25, 0.3) is 15.7 Å². The third-order valence-corrected chi connectivity index (χ3v) is 5.73. The van der Waals surface area contributed by atoms with Crippen LogP contribution in [0.1, 0.15) is 0 Å². The van der Waals surface area contributed by atoms with Crippen LogP contribution in [0.4, 0.5) is 10.8 Å². The molecule has 10 heteroatoms. The summed E-state index contributed by atoms with van der Waals surface area (Å²) in [5.41, 5.74) is 0.747. The van der Waals surface area contributed by atoms with Gasteiger partial charge in [-0.25, -0.2) is 13.4 Å². The van der Waals surface area contributed by atoms with Crippen molar-refractivity contribution in [3.05, 3.63) is 64.0 Å². The Morgan fingerprint density at radius 2 is 1.85 bits per heavy atom. The highest BCUT2D eigenvalue weighted by molar-refractivity contribution is 7.93. The minimum atomic E-state index is -4.15. The van der Waals surface area contributed by atoms with Gasteiger partial charge in [-0.1, -0.05) is 24.3 Å². The summed E-state index contributed by atoms with van der Waals surface area (Å²) >= 11 is 1.07. The van der Waals surface area contributed by atoms with Crippen LogP contribution in [0.3, 0.4) is 0 Å². The number of hydrogen-bond acceptors (Lipinski definition) is 7. The van der Waals surface area contributed by atoms with Gasteiger partial charge in [-0.05, 0) is 18.2 Å². The number of para-hydroxylation sites is 2. The molecule has 0 fully saturated rings. The molecule has 0 aliphatic rings. The number of benzene rings is 2. The van der Waals surface area contributed by atoms with Crippen molar-refractivity contribution in [2.24, 2.45) is 0 Å². The zero-order chi connectivity index (χ0) is 18.7. The Labute approximate surface area is 153 Å². The van der Waals surface area contributed by atoms with Crippen molar-refractivity contribution in [1.29, 1.82) is 0 Å².